The third-order valence-electron chi connectivity index (χ3n) is 3.89. The molecule has 1 aliphatic heterocycles. The van der Waals surface area contributed by atoms with Crippen LogP contribution in [0.2, 0.25) is 0 Å². The SMILES string of the molecule is Cc1ccc(N2C(=O)CSC2=NC(=O)c2cc3ccccc3o2)cc1. The fourth-order valence-corrected chi connectivity index (χ4v) is 3.49. The number of thioether (sulfide) groups is 1. The summed E-state index contributed by atoms with van der Waals surface area (Å²) in [6.07, 6.45) is 0. The van der Waals surface area contributed by atoms with Gasteiger partial charge in [0.15, 0.2) is 10.9 Å². The number of para-hydroxylation sites is 1. The molecular weight excluding hydrogens is 336 g/mol. The van der Waals surface area contributed by atoms with Crippen LogP contribution in [0.3, 0.4) is 0 Å². The van der Waals surface area contributed by atoms with Crippen LogP contribution in [0.25, 0.3) is 11.0 Å². The predicted molar refractivity (Wildman–Crippen MR) is 99.1 cm³/mol. The molecule has 25 heavy (non-hydrogen) atoms. The Morgan fingerprint density at radius 3 is 2.68 bits per heavy atom. The van der Waals surface area contributed by atoms with Crippen LogP contribution in [-0.2, 0) is 4.79 Å². The summed E-state index contributed by atoms with van der Waals surface area (Å²) in [4.78, 5) is 30.3. The quantitative estimate of drug-likeness (QED) is 0.700. The number of aliphatic imine (C=N–C) groups is 1. The van der Waals surface area contributed by atoms with Gasteiger partial charge in [-0.25, -0.2) is 0 Å². The monoisotopic (exact) mass is 350 g/mol. The van der Waals surface area contributed by atoms with Crippen molar-refractivity contribution in [2.45, 2.75) is 6.92 Å². The maximum absolute atomic E-state index is 12.5. The lowest BCUT2D eigenvalue weighted by molar-refractivity contribution is -0.115. The van der Waals surface area contributed by atoms with Crippen LogP contribution in [0.4, 0.5) is 5.69 Å². The van der Waals surface area contributed by atoms with Crippen molar-refractivity contribution in [1.82, 2.24) is 0 Å². The highest BCUT2D eigenvalue weighted by Crippen LogP contribution is 2.28. The predicted octanol–water partition coefficient (Wildman–Crippen LogP) is 4.02. The zero-order valence-electron chi connectivity index (χ0n) is 13.4. The molecule has 0 unspecified atom stereocenters. The van der Waals surface area contributed by atoms with E-state index in [1.807, 2.05) is 49.4 Å². The Morgan fingerprint density at radius 1 is 1.16 bits per heavy atom. The van der Waals surface area contributed by atoms with Gasteiger partial charge in [-0.1, -0.05) is 47.7 Å². The van der Waals surface area contributed by atoms with E-state index in [1.165, 1.54) is 16.7 Å². The molecule has 0 bridgehead atoms. The van der Waals surface area contributed by atoms with Crippen LogP contribution in [-0.4, -0.2) is 22.7 Å². The molecule has 1 aliphatic rings. The fraction of sp³-hybridized carbons (Fsp3) is 0.105. The maximum Gasteiger partial charge on any atom is 0.315 e. The van der Waals surface area contributed by atoms with Gasteiger partial charge in [-0.15, -0.1) is 0 Å². The van der Waals surface area contributed by atoms with Crippen LogP contribution in [0, 0.1) is 6.92 Å². The first kappa shape index (κ1) is 15.7. The molecule has 124 valence electrons. The van der Waals surface area contributed by atoms with E-state index in [9.17, 15) is 9.59 Å². The second-order valence-electron chi connectivity index (χ2n) is 5.70. The number of anilines is 1. The normalized spacial score (nSPS) is 16.1. The van der Waals surface area contributed by atoms with Crippen molar-refractivity contribution < 1.29 is 14.0 Å². The summed E-state index contributed by atoms with van der Waals surface area (Å²) < 4.78 is 5.55. The van der Waals surface area contributed by atoms with Crippen molar-refractivity contribution in [3.05, 3.63) is 65.9 Å². The molecule has 0 N–H and O–H groups in total. The standard InChI is InChI=1S/C19H14N2O3S/c1-12-6-8-14(9-7-12)21-17(22)11-25-19(21)20-18(23)16-10-13-4-2-3-5-15(13)24-16/h2-10H,11H2,1H3. The number of hydrogen-bond acceptors (Lipinski definition) is 4. The molecule has 0 atom stereocenters. The molecule has 1 aromatic heterocycles. The van der Waals surface area contributed by atoms with Crippen molar-refractivity contribution in [2.24, 2.45) is 4.99 Å². The van der Waals surface area contributed by atoms with Crippen molar-refractivity contribution in [1.29, 1.82) is 0 Å². The number of fused-ring (bicyclic) bond motifs is 1. The number of furan rings is 1. The summed E-state index contributed by atoms with van der Waals surface area (Å²) in [6.45, 7) is 1.98. The van der Waals surface area contributed by atoms with Gasteiger partial charge in [0, 0.05) is 5.39 Å². The number of rotatable bonds is 2. The highest BCUT2D eigenvalue weighted by atomic mass is 32.2. The molecule has 2 amide bonds. The number of amidine groups is 1. The van der Waals surface area contributed by atoms with E-state index in [2.05, 4.69) is 4.99 Å². The van der Waals surface area contributed by atoms with Crippen LogP contribution in [0.1, 0.15) is 16.1 Å². The van der Waals surface area contributed by atoms with Gasteiger partial charge in [-0.3, -0.25) is 14.5 Å². The highest BCUT2D eigenvalue weighted by molar-refractivity contribution is 8.15. The van der Waals surface area contributed by atoms with Crippen molar-refractivity contribution >= 4 is 45.4 Å². The average Bonchev–Trinajstić information content (AvgIpc) is 3.20. The van der Waals surface area contributed by atoms with Crippen LogP contribution in [0.5, 0.6) is 0 Å². The van der Waals surface area contributed by atoms with Crippen LogP contribution >= 0.6 is 11.8 Å². The van der Waals surface area contributed by atoms with Gasteiger partial charge in [-0.05, 0) is 31.2 Å². The molecule has 1 fully saturated rings. The summed E-state index contributed by atoms with van der Waals surface area (Å²) in [5.41, 5.74) is 2.44. The number of amides is 2. The van der Waals surface area contributed by atoms with Gasteiger partial charge < -0.3 is 4.42 Å². The van der Waals surface area contributed by atoms with Gasteiger partial charge >= 0.3 is 5.91 Å². The van der Waals surface area contributed by atoms with Crippen LogP contribution < -0.4 is 4.90 Å². The number of benzene rings is 2. The minimum Gasteiger partial charge on any atom is -0.451 e. The van der Waals surface area contributed by atoms with E-state index in [1.54, 1.807) is 12.1 Å². The van der Waals surface area contributed by atoms with Crippen molar-refractivity contribution in [3.8, 4) is 0 Å². The Kier molecular flexibility index (Phi) is 3.89. The molecule has 0 spiro atoms. The van der Waals surface area contributed by atoms with Gasteiger partial charge in [0.1, 0.15) is 5.58 Å². The second-order valence-corrected chi connectivity index (χ2v) is 6.64. The summed E-state index contributed by atoms with van der Waals surface area (Å²) in [6, 6.07) is 16.6. The van der Waals surface area contributed by atoms with Crippen molar-refractivity contribution in [3.63, 3.8) is 0 Å². The fourth-order valence-electron chi connectivity index (χ4n) is 2.62. The molecule has 2 aromatic carbocycles. The Labute approximate surface area is 148 Å². The number of hydrogen-bond donors (Lipinski definition) is 0. The first-order valence-electron chi connectivity index (χ1n) is 7.76. The topological polar surface area (TPSA) is 62.9 Å². The Balaban J connectivity index is 1.67. The average molecular weight is 350 g/mol. The summed E-state index contributed by atoms with van der Waals surface area (Å²) in [5.74, 6) is -0.159. The first-order chi connectivity index (χ1) is 12.1. The number of nitrogens with zero attached hydrogens (tertiary/aromatic N) is 2. The molecule has 5 nitrogen and oxygen atoms in total. The third kappa shape index (κ3) is 2.96. The Hall–Kier alpha value is -2.86. The number of carbonyl (C=O) groups is 2. The minimum atomic E-state index is -0.495. The molecule has 6 heteroatoms. The van der Waals surface area contributed by atoms with E-state index in [0.29, 0.717) is 16.4 Å². The lowest BCUT2D eigenvalue weighted by atomic mass is 10.2. The molecule has 0 aliphatic carbocycles. The number of carbonyl (C=O) groups excluding carboxylic acids is 2. The second kappa shape index (κ2) is 6.22. The summed E-state index contributed by atoms with van der Waals surface area (Å²) >= 11 is 1.25. The van der Waals surface area contributed by atoms with Gasteiger partial charge in [0.2, 0.25) is 5.91 Å². The van der Waals surface area contributed by atoms with Gasteiger partial charge in [0.05, 0.1) is 11.4 Å². The van der Waals surface area contributed by atoms with E-state index >= 15 is 0 Å². The molecule has 1 saturated heterocycles. The first-order valence-corrected chi connectivity index (χ1v) is 8.74. The zero-order valence-corrected chi connectivity index (χ0v) is 14.2. The minimum absolute atomic E-state index is 0.0926. The smallest absolute Gasteiger partial charge is 0.315 e. The molecule has 0 radical (unpaired) electrons. The Morgan fingerprint density at radius 2 is 1.92 bits per heavy atom. The lowest BCUT2D eigenvalue weighted by Crippen LogP contribution is -2.29. The summed E-state index contributed by atoms with van der Waals surface area (Å²) in [7, 11) is 0. The molecular formula is C19H14N2O3S. The molecule has 0 saturated carbocycles. The molecule has 2 heterocycles. The van der Waals surface area contributed by atoms with Crippen molar-refractivity contribution in [2.75, 3.05) is 10.7 Å². The molecule has 4 rings (SSSR count). The largest absolute Gasteiger partial charge is 0.451 e. The Bertz CT molecular complexity index is 972. The zero-order chi connectivity index (χ0) is 17.4. The van der Waals surface area contributed by atoms with E-state index in [-0.39, 0.29) is 17.4 Å². The summed E-state index contributed by atoms with van der Waals surface area (Å²) in [5, 5.41) is 1.22. The van der Waals surface area contributed by atoms with E-state index in [0.717, 1.165) is 10.9 Å². The highest BCUT2D eigenvalue weighted by Gasteiger charge is 2.30. The van der Waals surface area contributed by atoms with Gasteiger partial charge in [0.25, 0.3) is 0 Å². The van der Waals surface area contributed by atoms with Crippen LogP contribution in [0.15, 0.2) is 64.0 Å². The number of aryl methyl sites for hydroxylation is 1. The lowest BCUT2D eigenvalue weighted by Gasteiger charge is -2.15. The third-order valence-corrected chi connectivity index (χ3v) is 4.81. The van der Waals surface area contributed by atoms with E-state index in [4.69, 9.17) is 4.42 Å². The molecule has 3 aromatic rings. The van der Waals surface area contributed by atoms with Gasteiger partial charge in [-0.2, -0.15) is 4.99 Å². The maximum atomic E-state index is 12.5. The van der Waals surface area contributed by atoms with E-state index < -0.39 is 5.91 Å².